The third-order valence-corrected chi connectivity index (χ3v) is 2.23. The van der Waals surface area contributed by atoms with Gasteiger partial charge in [-0.25, -0.2) is 9.59 Å². The van der Waals surface area contributed by atoms with Crippen LogP contribution in [0.5, 0.6) is 0 Å². The van der Waals surface area contributed by atoms with Gasteiger partial charge in [-0.15, -0.1) is 0 Å². The Morgan fingerprint density at radius 2 is 1.89 bits per heavy atom. The Kier molecular flexibility index (Phi) is 8.26. The highest BCUT2D eigenvalue weighted by molar-refractivity contribution is 6.02. The first kappa shape index (κ1) is 16.1. The molecule has 0 fully saturated rings. The van der Waals surface area contributed by atoms with Gasteiger partial charge in [0.05, 0.1) is 0 Å². The largest absolute Gasteiger partial charge is 0.478 e. The van der Waals surface area contributed by atoms with Crippen molar-refractivity contribution in [2.24, 2.45) is 0 Å². The van der Waals surface area contributed by atoms with Crippen LogP contribution in [0.4, 0.5) is 4.79 Å². The van der Waals surface area contributed by atoms with Crippen LogP contribution in [0.1, 0.15) is 39.5 Å². The van der Waals surface area contributed by atoms with E-state index < -0.39 is 17.9 Å². The Morgan fingerprint density at radius 3 is 2.44 bits per heavy atom. The molecule has 18 heavy (non-hydrogen) atoms. The fourth-order valence-electron chi connectivity index (χ4n) is 1.33. The molecule has 0 aromatic carbocycles. The summed E-state index contributed by atoms with van der Waals surface area (Å²) >= 11 is 0. The van der Waals surface area contributed by atoms with E-state index in [4.69, 9.17) is 5.11 Å². The molecule has 0 aliphatic rings. The summed E-state index contributed by atoms with van der Waals surface area (Å²) in [5, 5.41) is 12.9. The number of amides is 3. The molecule has 3 amide bonds. The second kappa shape index (κ2) is 9.21. The average molecular weight is 256 g/mol. The molecule has 0 aromatic heterocycles. The number of imide groups is 1. The summed E-state index contributed by atoms with van der Waals surface area (Å²) in [6.45, 7) is 3.95. The van der Waals surface area contributed by atoms with Crippen LogP contribution in [0.15, 0.2) is 12.2 Å². The highest BCUT2D eigenvalue weighted by Gasteiger charge is 2.08. The smallest absolute Gasteiger partial charge is 0.328 e. The van der Waals surface area contributed by atoms with Gasteiger partial charge in [0.15, 0.2) is 0 Å². The van der Waals surface area contributed by atoms with Crippen LogP contribution in [-0.4, -0.2) is 29.1 Å². The van der Waals surface area contributed by atoms with Gasteiger partial charge in [-0.05, 0) is 13.3 Å². The van der Waals surface area contributed by atoms with Gasteiger partial charge in [0.25, 0.3) is 5.91 Å². The lowest BCUT2D eigenvalue weighted by Crippen LogP contribution is -2.43. The Balaban J connectivity index is 3.88. The van der Waals surface area contributed by atoms with Crippen molar-refractivity contribution in [3.63, 3.8) is 0 Å². The van der Waals surface area contributed by atoms with Gasteiger partial charge in [0.2, 0.25) is 0 Å². The topological polar surface area (TPSA) is 95.5 Å². The molecule has 0 heterocycles. The Hall–Kier alpha value is -1.85. The molecule has 3 N–H and O–H groups in total. The van der Waals surface area contributed by atoms with Crippen LogP contribution in [0.2, 0.25) is 0 Å². The van der Waals surface area contributed by atoms with E-state index in [0.717, 1.165) is 31.8 Å². The third-order valence-electron chi connectivity index (χ3n) is 2.23. The molecule has 0 aliphatic carbocycles. The minimum Gasteiger partial charge on any atom is -0.478 e. The van der Waals surface area contributed by atoms with Gasteiger partial charge in [-0.1, -0.05) is 26.2 Å². The van der Waals surface area contributed by atoms with Gasteiger partial charge in [0.1, 0.15) is 0 Å². The lowest BCUT2D eigenvalue weighted by Gasteiger charge is -2.13. The van der Waals surface area contributed by atoms with Crippen molar-refractivity contribution in [2.45, 2.75) is 45.6 Å². The number of carbonyl (C=O) groups is 3. The van der Waals surface area contributed by atoms with Gasteiger partial charge in [-0.3, -0.25) is 10.1 Å². The van der Waals surface area contributed by atoms with Crippen LogP contribution in [0.25, 0.3) is 0 Å². The minimum absolute atomic E-state index is 0.0206. The molecule has 0 spiro atoms. The molecular weight excluding hydrogens is 236 g/mol. The van der Waals surface area contributed by atoms with Crippen molar-refractivity contribution >= 4 is 17.9 Å². The van der Waals surface area contributed by atoms with Crippen LogP contribution in [0, 0.1) is 0 Å². The van der Waals surface area contributed by atoms with Gasteiger partial charge >= 0.3 is 12.0 Å². The zero-order valence-corrected chi connectivity index (χ0v) is 10.7. The number of unbranched alkanes of at least 4 members (excludes halogenated alkanes) is 2. The van der Waals surface area contributed by atoms with Crippen molar-refractivity contribution in [3.05, 3.63) is 12.2 Å². The van der Waals surface area contributed by atoms with E-state index in [1.165, 1.54) is 0 Å². The number of aliphatic carboxylic acids is 1. The molecule has 6 nitrogen and oxygen atoms in total. The van der Waals surface area contributed by atoms with E-state index in [2.05, 4.69) is 12.2 Å². The number of hydrogen-bond donors (Lipinski definition) is 3. The monoisotopic (exact) mass is 256 g/mol. The molecule has 1 atom stereocenters. The molecule has 102 valence electrons. The number of carbonyl (C=O) groups excluding carboxylic acids is 2. The Bertz CT molecular complexity index is 326. The van der Waals surface area contributed by atoms with Gasteiger partial charge in [-0.2, -0.15) is 0 Å². The molecular formula is C12H20N2O4. The maximum absolute atomic E-state index is 11.3. The summed E-state index contributed by atoms with van der Waals surface area (Å²) in [5.74, 6) is -1.99. The van der Waals surface area contributed by atoms with Crippen molar-refractivity contribution in [3.8, 4) is 0 Å². The molecule has 0 aromatic rings. The number of carboxylic acids is 1. The average Bonchev–Trinajstić information content (AvgIpc) is 2.26. The Labute approximate surface area is 106 Å². The van der Waals surface area contributed by atoms with Crippen molar-refractivity contribution in [1.82, 2.24) is 10.6 Å². The quantitative estimate of drug-likeness (QED) is 0.474. The zero-order chi connectivity index (χ0) is 14.0. The van der Waals surface area contributed by atoms with Crippen LogP contribution in [0.3, 0.4) is 0 Å². The lowest BCUT2D eigenvalue weighted by molar-refractivity contribution is -0.131. The fraction of sp³-hybridized carbons (Fsp3) is 0.583. The first-order valence-electron chi connectivity index (χ1n) is 5.98. The summed E-state index contributed by atoms with van der Waals surface area (Å²) in [6.07, 6.45) is 5.55. The maximum Gasteiger partial charge on any atom is 0.328 e. The standard InChI is InChI=1S/C12H20N2O4/c1-3-4-5-6-9(2)13-12(18)14-10(15)7-8-11(16)17/h7-9H,3-6H2,1-2H3,(H,16,17)(H2,13,14,15,18). The minimum atomic E-state index is -1.24. The van der Waals surface area contributed by atoms with Crippen molar-refractivity contribution in [1.29, 1.82) is 0 Å². The van der Waals surface area contributed by atoms with Crippen LogP contribution >= 0.6 is 0 Å². The number of carboxylic acid groups (broad SMARTS) is 1. The first-order chi connectivity index (χ1) is 8.45. The summed E-state index contributed by atoms with van der Waals surface area (Å²) in [6, 6.07) is -0.633. The van der Waals surface area contributed by atoms with Crippen molar-refractivity contribution < 1.29 is 19.5 Å². The second-order valence-electron chi connectivity index (χ2n) is 4.03. The molecule has 1 unspecified atom stereocenters. The van der Waals surface area contributed by atoms with Crippen molar-refractivity contribution in [2.75, 3.05) is 0 Å². The first-order valence-corrected chi connectivity index (χ1v) is 5.98. The van der Waals surface area contributed by atoms with E-state index in [1.807, 2.05) is 12.2 Å². The molecule has 0 rings (SSSR count). The molecule has 0 radical (unpaired) electrons. The maximum atomic E-state index is 11.3. The predicted molar refractivity (Wildman–Crippen MR) is 67.1 cm³/mol. The molecule has 6 heteroatoms. The summed E-state index contributed by atoms with van der Waals surface area (Å²) < 4.78 is 0. The van der Waals surface area contributed by atoms with Crippen LogP contribution < -0.4 is 10.6 Å². The van der Waals surface area contributed by atoms with E-state index in [1.54, 1.807) is 0 Å². The highest BCUT2D eigenvalue weighted by Crippen LogP contribution is 2.02. The van der Waals surface area contributed by atoms with E-state index in [9.17, 15) is 14.4 Å². The van der Waals surface area contributed by atoms with E-state index >= 15 is 0 Å². The SMILES string of the molecule is CCCCCC(C)NC(=O)NC(=O)C=CC(=O)O. The molecule has 0 saturated heterocycles. The molecule has 0 bridgehead atoms. The molecule has 0 saturated carbocycles. The number of rotatable bonds is 7. The number of urea groups is 1. The van der Waals surface area contributed by atoms with E-state index in [0.29, 0.717) is 6.08 Å². The predicted octanol–water partition coefficient (Wildman–Crippen LogP) is 1.42. The lowest BCUT2D eigenvalue weighted by atomic mass is 10.1. The second-order valence-corrected chi connectivity index (χ2v) is 4.03. The molecule has 0 aliphatic heterocycles. The number of nitrogens with one attached hydrogen (secondary N) is 2. The normalized spacial score (nSPS) is 12.1. The van der Waals surface area contributed by atoms with Crippen LogP contribution in [-0.2, 0) is 9.59 Å². The Morgan fingerprint density at radius 1 is 1.22 bits per heavy atom. The fourth-order valence-corrected chi connectivity index (χ4v) is 1.33. The highest BCUT2D eigenvalue weighted by atomic mass is 16.4. The third kappa shape index (κ3) is 9.38. The van der Waals surface area contributed by atoms with E-state index in [-0.39, 0.29) is 6.04 Å². The summed E-state index contributed by atoms with van der Waals surface area (Å²) in [5.41, 5.74) is 0. The number of hydrogen-bond acceptors (Lipinski definition) is 3. The van der Waals surface area contributed by atoms with Gasteiger partial charge < -0.3 is 10.4 Å². The zero-order valence-electron chi connectivity index (χ0n) is 10.7. The summed E-state index contributed by atoms with van der Waals surface area (Å²) in [7, 11) is 0. The summed E-state index contributed by atoms with van der Waals surface area (Å²) in [4.78, 5) is 32.5. The van der Waals surface area contributed by atoms with Gasteiger partial charge in [0, 0.05) is 18.2 Å².